The second-order valence-electron chi connectivity index (χ2n) is 10.2. The number of aromatic nitrogens is 2. The van der Waals surface area contributed by atoms with Crippen LogP contribution in [-0.2, 0) is 38.6 Å². The molecule has 11 heteroatoms. The first-order chi connectivity index (χ1) is 18.5. The van der Waals surface area contributed by atoms with Crippen molar-refractivity contribution in [2.45, 2.75) is 44.6 Å². The summed E-state index contributed by atoms with van der Waals surface area (Å²) in [5, 5.41) is 6.57. The molecule has 3 aliphatic rings. The average Bonchev–Trinajstić information content (AvgIpc) is 3.35. The summed E-state index contributed by atoms with van der Waals surface area (Å²) in [4.78, 5) is 31.3. The van der Waals surface area contributed by atoms with Gasteiger partial charge in [-0.25, -0.2) is 4.98 Å². The Morgan fingerprint density at radius 2 is 1.77 bits per heavy atom. The first-order valence-corrected chi connectivity index (χ1v) is 15.3. The maximum absolute atomic E-state index is 14.2. The lowest BCUT2D eigenvalue weighted by atomic mass is 9.75. The number of nitrogens with zero attached hydrogens (tertiary/aromatic N) is 2. The lowest BCUT2D eigenvalue weighted by Gasteiger charge is -2.41. The van der Waals surface area contributed by atoms with Crippen molar-refractivity contribution in [3.8, 4) is 0 Å². The average molecular weight is 782 g/mol. The second kappa shape index (κ2) is 9.80. The minimum atomic E-state index is -0.946. The number of benzene rings is 2. The van der Waals surface area contributed by atoms with Gasteiger partial charge in [0.1, 0.15) is 12.3 Å². The van der Waals surface area contributed by atoms with Gasteiger partial charge >= 0.3 is 0 Å². The van der Waals surface area contributed by atoms with Gasteiger partial charge in [-0.1, -0.05) is 30.3 Å². The third-order valence-corrected chi connectivity index (χ3v) is 11.3. The Labute approximate surface area is 259 Å². The van der Waals surface area contributed by atoms with E-state index >= 15 is 0 Å². The van der Waals surface area contributed by atoms with E-state index in [0.29, 0.717) is 28.3 Å². The van der Waals surface area contributed by atoms with Crippen LogP contribution >= 0.6 is 63.7 Å². The summed E-state index contributed by atoms with van der Waals surface area (Å²) in [5.41, 5.74) is 3.60. The number of nitrogens with one attached hydrogen (secondary N) is 2. The van der Waals surface area contributed by atoms with Crippen molar-refractivity contribution in [1.29, 1.82) is 0 Å². The van der Waals surface area contributed by atoms with E-state index in [1.54, 1.807) is 0 Å². The molecule has 2 aromatic carbocycles. The number of ether oxygens (including phenoxy) is 1. The first-order valence-electron chi connectivity index (χ1n) is 12.2. The van der Waals surface area contributed by atoms with Crippen molar-refractivity contribution in [2.24, 2.45) is 0 Å². The molecule has 3 aromatic rings. The van der Waals surface area contributed by atoms with E-state index in [4.69, 9.17) is 9.72 Å². The first kappa shape index (κ1) is 27.1. The Morgan fingerprint density at radius 1 is 1.05 bits per heavy atom. The van der Waals surface area contributed by atoms with Crippen LogP contribution < -0.4 is 10.6 Å². The van der Waals surface area contributed by atoms with Gasteiger partial charge in [0.15, 0.2) is 10.5 Å². The molecule has 1 amide bonds. The number of ketones is 1. The molecule has 0 saturated carbocycles. The van der Waals surface area contributed by atoms with Crippen molar-refractivity contribution in [3.63, 3.8) is 0 Å². The molecule has 1 unspecified atom stereocenters. The summed E-state index contributed by atoms with van der Waals surface area (Å²) >= 11 is 14.5. The zero-order valence-electron chi connectivity index (χ0n) is 20.9. The number of allylic oxidation sites excluding steroid dienone is 2. The standard InChI is InChI=1S/C28H22Br4N4O3/c1-27(2)24-18(36(26(32)34-24)13-39-12-14-6-4-3-5-7-14)9-8-15(25(27)38)23-28(11-19(37)35-28)20-17(33-23)10-16(29)21(30)22(20)31/h3-10,33H,11-13H2,1-2H3,(H,35,37)/b23-15-. The second-order valence-corrected chi connectivity index (χ2v) is 13.4. The SMILES string of the molecule is CC1(C)C(=O)/C(=C2\Nc3cc(Br)c(Br)c(Br)c3C23CC(=O)N3)C=Cc2c1nc(Br)n2COCc1ccccc1. The highest BCUT2D eigenvalue weighted by Crippen LogP contribution is 2.55. The number of carbonyl (C=O) groups is 2. The predicted octanol–water partition coefficient (Wildman–Crippen LogP) is 7.08. The maximum atomic E-state index is 14.2. The van der Waals surface area contributed by atoms with Crippen LogP contribution in [0.25, 0.3) is 6.08 Å². The van der Waals surface area contributed by atoms with Gasteiger partial charge in [0, 0.05) is 30.2 Å². The van der Waals surface area contributed by atoms with Gasteiger partial charge in [0.05, 0.1) is 35.5 Å². The topological polar surface area (TPSA) is 85.3 Å². The number of anilines is 1. The van der Waals surface area contributed by atoms with E-state index in [2.05, 4.69) is 74.4 Å². The Kier molecular flexibility index (Phi) is 6.82. The van der Waals surface area contributed by atoms with Crippen molar-refractivity contribution in [3.05, 3.63) is 94.4 Å². The number of fused-ring (bicyclic) bond motifs is 3. The third-order valence-electron chi connectivity index (χ3n) is 7.43. The van der Waals surface area contributed by atoms with Gasteiger partial charge in [-0.15, -0.1) is 0 Å². The van der Waals surface area contributed by atoms with E-state index in [-0.39, 0.29) is 24.8 Å². The quantitative estimate of drug-likeness (QED) is 0.168. The molecule has 1 atom stereocenters. The Balaban J connectivity index is 1.43. The minimum Gasteiger partial charge on any atom is -0.356 e. The summed E-state index contributed by atoms with van der Waals surface area (Å²) < 4.78 is 11.0. The largest absolute Gasteiger partial charge is 0.356 e. The van der Waals surface area contributed by atoms with Gasteiger partial charge in [-0.05, 0) is 101 Å². The van der Waals surface area contributed by atoms with Crippen LogP contribution in [0.2, 0.25) is 0 Å². The monoisotopic (exact) mass is 778 g/mol. The van der Waals surface area contributed by atoms with Crippen LogP contribution in [0.15, 0.2) is 71.9 Å². The fraction of sp³-hybridized carbons (Fsp3) is 0.250. The number of halogens is 4. The van der Waals surface area contributed by atoms with Crippen molar-refractivity contribution in [2.75, 3.05) is 5.32 Å². The normalized spacial score (nSPS) is 22.7. The number of hydrogen-bond donors (Lipinski definition) is 2. The smallest absolute Gasteiger partial charge is 0.224 e. The summed E-state index contributed by atoms with van der Waals surface area (Å²) in [6.07, 6.45) is 3.97. The molecule has 200 valence electrons. The number of rotatable bonds is 4. The molecule has 1 saturated heterocycles. The summed E-state index contributed by atoms with van der Waals surface area (Å²) in [7, 11) is 0. The highest BCUT2D eigenvalue weighted by Gasteiger charge is 2.56. The zero-order valence-corrected chi connectivity index (χ0v) is 27.2. The summed E-state index contributed by atoms with van der Waals surface area (Å²) in [5.74, 6) is -0.168. The molecule has 0 bridgehead atoms. The summed E-state index contributed by atoms with van der Waals surface area (Å²) in [6, 6.07) is 11.9. The highest BCUT2D eigenvalue weighted by atomic mass is 79.9. The number of hydrogen-bond acceptors (Lipinski definition) is 5. The lowest BCUT2D eigenvalue weighted by molar-refractivity contribution is -0.131. The number of carbonyl (C=O) groups excluding carboxylic acids is 2. The molecule has 1 aliphatic carbocycles. The number of amides is 1. The number of β-lactam (4-membered cyclic amide) rings is 1. The van der Waals surface area contributed by atoms with Crippen LogP contribution in [-0.4, -0.2) is 21.2 Å². The Bertz CT molecular complexity index is 1620. The summed E-state index contributed by atoms with van der Waals surface area (Å²) in [6.45, 7) is 4.48. The molecule has 2 aliphatic heterocycles. The van der Waals surface area contributed by atoms with E-state index in [1.807, 2.05) is 67.0 Å². The van der Waals surface area contributed by atoms with E-state index in [0.717, 1.165) is 35.9 Å². The van der Waals surface area contributed by atoms with Gasteiger partial charge < -0.3 is 15.4 Å². The number of imidazole rings is 1. The van der Waals surface area contributed by atoms with Crippen LogP contribution in [0, 0.1) is 0 Å². The molecule has 1 spiro atoms. The fourth-order valence-corrected chi connectivity index (χ4v) is 7.68. The van der Waals surface area contributed by atoms with Gasteiger partial charge in [-0.2, -0.15) is 0 Å². The van der Waals surface area contributed by atoms with Gasteiger partial charge in [-0.3, -0.25) is 14.2 Å². The molecule has 6 rings (SSSR count). The highest BCUT2D eigenvalue weighted by molar-refractivity contribution is 9.14. The van der Waals surface area contributed by atoms with Crippen LogP contribution in [0.5, 0.6) is 0 Å². The van der Waals surface area contributed by atoms with E-state index in [1.165, 1.54) is 0 Å². The fourth-order valence-electron chi connectivity index (χ4n) is 5.43. The molecule has 0 radical (unpaired) electrons. The van der Waals surface area contributed by atoms with Gasteiger partial charge in [0.2, 0.25) is 5.91 Å². The molecular formula is C28H22Br4N4O3. The minimum absolute atomic E-state index is 0.0751. The Hall–Kier alpha value is -2.05. The predicted molar refractivity (Wildman–Crippen MR) is 163 cm³/mol. The van der Waals surface area contributed by atoms with Crippen molar-refractivity contribution in [1.82, 2.24) is 14.9 Å². The molecule has 2 N–H and O–H groups in total. The van der Waals surface area contributed by atoms with Crippen LogP contribution in [0.3, 0.4) is 0 Å². The zero-order chi connectivity index (χ0) is 27.7. The van der Waals surface area contributed by atoms with Gasteiger partial charge in [0.25, 0.3) is 0 Å². The number of Topliss-reactive ketones (excluding diaryl/α,β-unsaturated/α-hetero) is 1. The maximum Gasteiger partial charge on any atom is 0.224 e. The lowest BCUT2D eigenvalue weighted by Crippen LogP contribution is -2.59. The third kappa shape index (κ3) is 4.23. The van der Waals surface area contributed by atoms with E-state index < -0.39 is 11.0 Å². The molecule has 1 aromatic heterocycles. The molecule has 39 heavy (non-hydrogen) atoms. The van der Waals surface area contributed by atoms with Crippen LogP contribution in [0.4, 0.5) is 5.69 Å². The molecule has 7 nitrogen and oxygen atoms in total. The van der Waals surface area contributed by atoms with Crippen molar-refractivity contribution < 1.29 is 14.3 Å². The van der Waals surface area contributed by atoms with Crippen LogP contribution in [0.1, 0.15) is 42.8 Å². The van der Waals surface area contributed by atoms with Crippen molar-refractivity contribution >= 4 is 87.2 Å². The molecular weight excluding hydrogens is 760 g/mol. The molecule has 3 heterocycles. The van der Waals surface area contributed by atoms with E-state index in [9.17, 15) is 9.59 Å². The molecule has 1 fully saturated rings. The Morgan fingerprint density at radius 3 is 2.46 bits per heavy atom.